The number of rotatable bonds is 7. The number of para-hydroxylation sites is 1. The molecule has 0 aliphatic heterocycles. The minimum Gasteiger partial charge on any atom is -0.355 e. The number of allylic oxidation sites excluding steroid dienone is 4. The highest BCUT2D eigenvalue weighted by Gasteiger charge is 2.06. The summed E-state index contributed by atoms with van der Waals surface area (Å²) in [4.78, 5) is 15.2. The molecule has 0 atom stereocenters. The summed E-state index contributed by atoms with van der Waals surface area (Å²) >= 11 is 0. The second-order valence-electron chi connectivity index (χ2n) is 6.41. The molecule has 0 saturated carbocycles. The molecule has 2 N–H and O–H groups in total. The SMILES string of the molecule is C/C=C(/C)CC/C=C/Cn1c(=O)[nH]c2cc(Nc3ccccc3)ccc21. The van der Waals surface area contributed by atoms with Gasteiger partial charge in [0.2, 0.25) is 0 Å². The van der Waals surface area contributed by atoms with Crippen molar-refractivity contribution in [1.82, 2.24) is 9.55 Å². The van der Waals surface area contributed by atoms with E-state index in [-0.39, 0.29) is 5.69 Å². The van der Waals surface area contributed by atoms with Crippen molar-refractivity contribution in [2.75, 3.05) is 5.32 Å². The van der Waals surface area contributed by atoms with Gasteiger partial charge in [0.25, 0.3) is 0 Å². The van der Waals surface area contributed by atoms with Crippen LogP contribution in [-0.4, -0.2) is 9.55 Å². The Morgan fingerprint density at radius 1 is 1.12 bits per heavy atom. The first-order chi connectivity index (χ1) is 12.7. The maximum atomic E-state index is 12.3. The zero-order valence-corrected chi connectivity index (χ0v) is 15.3. The van der Waals surface area contributed by atoms with Crippen molar-refractivity contribution in [3.63, 3.8) is 0 Å². The normalized spacial score (nSPS) is 12.2. The van der Waals surface area contributed by atoms with Gasteiger partial charge < -0.3 is 10.3 Å². The van der Waals surface area contributed by atoms with Crippen LogP contribution in [0.3, 0.4) is 0 Å². The monoisotopic (exact) mass is 347 g/mol. The summed E-state index contributed by atoms with van der Waals surface area (Å²) in [6.45, 7) is 4.78. The molecule has 0 bridgehead atoms. The van der Waals surface area contributed by atoms with Gasteiger partial charge in [-0.05, 0) is 57.0 Å². The quantitative estimate of drug-likeness (QED) is 0.564. The third-order valence-electron chi connectivity index (χ3n) is 4.49. The van der Waals surface area contributed by atoms with Crippen LogP contribution in [0.2, 0.25) is 0 Å². The Bertz CT molecular complexity index is 978. The van der Waals surface area contributed by atoms with Crippen LogP contribution in [0.4, 0.5) is 11.4 Å². The molecule has 0 spiro atoms. The van der Waals surface area contributed by atoms with Crippen molar-refractivity contribution in [1.29, 1.82) is 0 Å². The number of imidazole rings is 1. The lowest BCUT2D eigenvalue weighted by Crippen LogP contribution is -2.15. The van der Waals surface area contributed by atoms with Gasteiger partial charge >= 0.3 is 5.69 Å². The van der Waals surface area contributed by atoms with Gasteiger partial charge in [0.05, 0.1) is 11.0 Å². The van der Waals surface area contributed by atoms with Gasteiger partial charge in [-0.3, -0.25) is 4.57 Å². The molecule has 4 nitrogen and oxygen atoms in total. The van der Waals surface area contributed by atoms with Crippen LogP contribution in [0.25, 0.3) is 11.0 Å². The van der Waals surface area contributed by atoms with E-state index in [0.717, 1.165) is 35.2 Å². The fraction of sp³-hybridized carbons (Fsp3) is 0.227. The first-order valence-electron chi connectivity index (χ1n) is 8.99. The highest BCUT2D eigenvalue weighted by molar-refractivity contribution is 5.80. The molecular weight excluding hydrogens is 322 g/mol. The van der Waals surface area contributed by atoms with E-state index >= 15 is 0 Å². The molecular formula is C22H25N3O. The van der Waals surface area contributed by atoms with E-state index in [2.05, 4.69) is 42.4 Å². The first-order valence-corrected chi connectivity index (χ1v) is 8.99. The number of aromatic nitrogens is 2. The zero-order valence-electron chi connectivity index (χ0n) is 15.3. The van der Waals surface area contributed by atoms with Gasteiger partial charge in [-0.1, -0.05) is 42.0 Å². The second-order valence-corrected chi connectivity index (χ2v) is 6.41. The topological polar surface area (TPSA) is 49.8 Å². The average Bonchev–Trinajstić information content (AvgIpc) is 2.96. The number of anilines is 2. The Labute approximate surface area is 153 Å². The predicted octanol–water partition coefficient (Wildman–Crippen LogP) is 5.38. The van der Waals surface area contributed by atoms with Crippen molar-refractivity contribution in [3.8, 4) is 0 Å². The van der Waals surface area contributed by atoms with Gasteiger partial charge in [-0.2, -0.15) is 0 Å². The molecule has 0 aliphatic carbocycles. The summed E-state index contributed by atoms with van der Waals surface area (Å²) in [6.07, 6.45) is 8.40. The first kappa shape index (κ1) is 17.8. The van der Waals surface area contributed by atoms with E-state index in [4.69, 9.17) is 0 Å². The fourth-order valence-electron chi connectivity index (χ4n) is 2.86. The van der Waals surface area contributed by atoms with Crippen LogP contribution in [0.1, 0.15) is 26.7 Å². The van der Waals surface area contributed by atoms with E-state index in [1.807, 2.05) is 48.5 Å². The number of nitrogens with zero attached hydrogens (tertiary/aromatic N) is 1. The van der Waals surface area contributed by atoms with E-state index in [1.165, 1.54) is 5.57 Å². The summed E-state index contributed by atoms with van der Waals surface area (Å²) in [5.74, 6) is 0. The Balaban J connectivity index is 1.73. The van der Waals surface area contributed by atoms with Gasteiger partial charge in [0.1, 0.15) is 0 Å². The number of aromatic amines is 1. The Hall–Kier alpha value is -3.01. The lowest BCUT2D eigenvalue weighted by atomic mass is 10.1. The van der Waals surface area contributed by atoms with Crippen LogP contribution < -0.4 is 11.0 Å². The lowest BCUT2D eigenvalue weighted by Gasteiger charge is -2.06. The fourth-order valence-corrected chi connectivity index (χ4v) is 2.86. The average molecular weight is 347 g/mol. The summed E-state index contributed by atoms with van der Waals surface area (Å²) in [6, 6.07) is 15.9. The van der Waals surface area contributed by atoms with Crippen molar-refractivity contribution < 1.29 is 0 Å². The highest BCUT2D eigenvalue weighted by atomic mass is 16.1. The molecule has 0 amide bonds. The third-order valence-corrected chi connectivity index (χ3v) is 4.49. The number of fused-ring (bicyclic) bond motifs is 1. The maximum Gasteiger partial charge on any atom is 0.326 e. The second kappa shape index (κ2) is 8.39. The summed E-state index contributed by atoms with van der Waals surface area (Å²) < 4.78 is 1.76. The molecule has 134 valence electrons. The minimum atomic E-state index is -0.0776. The van der Waals surface area contributed by atoms with Gasteiger partial charge in [0, 0.05) is 17.9 Å². The van der Waals surface area contributed by atoms with E-state index in [9.17, 15) is 4.79 Å². The molecule has 3 rings (SSSR count). The summed E-state index contributed by atoms with van der Waals surface area (Å²) in [5, 5.41) is 3.35. The number of hydrogen-bond acceptors (Lipinski definition) is 2. The van der Waals surface area contributed by atoms with Crippen LogP contribution in [0.5, 0.6) is 0 Å². The third kappa shape index (κ3) is 4.33. The van der Waals surface area contributed by atoms with Crippen LogP contribution in [0, 0.1) is 0 Å². The summed E-state index contributed by atoms with van der Waals surface area (Å²) in [5.41, 5.74) is 5.04. The van der Waals surface area contributed by atoms with Gasteiger partial charge in [-0.25, -0.2) is 4.79 Å². The molecule has 1 heterocycles. The van der Waals surface area contributed by atoms with Crippen LogP contribution in [-0.2, 0) is 6.54 Å². The van der Waals surface area contributed by atoms with E-state index in [1.54, 1.807) is 4.57 Å². The molecule has 0 unspecified atom stereocenters. The van der Waals surface area contributed by atoms with Crippen molar-refractivity contribution in [2.45, 2.75) is 33.2 Å². The van der Waals surface area contributed by atoms with Crippen LogP contribution >= 0.6 is 0 Å². The molecule has 3 aromatic rings. The largest absolute Gasteiger partial charge is 0.355 e. The van der Waals surface area contributed by atoms with E-state index < -0.39 is 0 Å². The number of nitrogens with one attached hydrogen (secondary N) is 2. The zero-order chi connectivity index (χ0) is 18.4. The number of benzene rings is 2. The summed E-state index contributed by atoms with van der Waals surface area (Å²) in [7, 11) is 0. The molecule has 0 aliphatic rings. The standard InChI is InChI=1S/C22H25N3O/c1-3-17(2)10-6-5-9-15-25-21-14-13-19(16-20(21)24-22(25)26)23-18-11-7-4-8-12-18/h3-5,7-9,11-14,16,23H,6,10,15H2,1-2H3,(H,24,26)/b9-5+,17-3-. The maximum absolute atomic E-state index is 12.3. The van der Waals surface area contributed by atoms with Crippen molar-refractivity contribution >= 4 is 22.4 Å². The molecule has 1 aromatic heterocycles. The Morgan fingerprint density at radius 3 is 2.69 bits per heavy atom. The molecule has 0 saturated heterocycles. The van der Waals surface area contributed by atoms with Crippen molar-refractivity contribution in [2.24, 2.45) is 0 Å². The smallest absolute Gasteiger partial charge is 0.326 e. The highest BCUT2D eigenvalue weighted by Crippen LogP contribution is 2.20. The molecule has 0 radical (unpaired) electrons. The predicted molar refractivity (Wildman–Crippen MR) is 110 cm³/mol. The number of hydrogen-bond donors (Lipinski definition) is 2. The minimum absolute atomic E-state index is 0.0776. The Morgan fingerprint density at radius 2 is 1.92 bits per heavy atom. The van der Waals surface area contributed by atoms with E-state index in [0.29, 0.717) is 6.54 Å². The van der Waals surface area contributed by atoms with Gasteiger partial charge in [-0.15, -0.1) is 0 Å². The van der Waals surface area contributed by atoms with Gasteiger partial charge in [0.15, 0.2) is 0 Å². The molecule has 4 heteroatoms. The van der Waals surface area contributed by atoms with Crippen LogP contribution in [0.15, 0.2) is 77.1 Å². The molecule has 2 aromatic carbocycles. The lowest BCUT2D eigenvalue weighted by molar-refractivity contribution is 0.803. The molecule has 26 heavy (non-hydrogen) atoms. The van der Waals surface area contributed by atoms with Crippen molar-refractivity contribution in [3.05, 3.63) is 82.8 Å². The Kier molecular flexibility index (Phi) is 5.74. The molecule has 0 fully saturated rings. The number of H-pyrrole nitrogens is 1.